The van der Waals surface area contributed by atoms with Gasteiger partial charge in [-0.1, -0.05) is 22.4 Å². The van der Waals surface area contributed by atoms with Crippen LogP contribution in [0.15, 0.2) is 22.7 Å². The van der Waals surface area contributed by atoms with E-state index in [1.54, 1.807) is 0 Å². The molecule has 3 heteroatoms. The van der Waals surface area contributed by atoms with E-state index in [1.165, 1.54) is 32.1 Å². The topological polar surface area (TPSA) is 35.8 Å². The number of benzene rings is 1. The van der Waals surface area contributed by atoms with E-state index in [9.17, 15) is 5.26 Å². The van der Waals surface area contributed by atoms with E-state index in [0.29, 0.717) is 6.04 Å². The van der Waals surface area contributed by atoms with Gasteiger partial charge in [0.25, 0.3) is 0 Å². The van der Waals surface area contributed by atoms with Crippen molar-refractivity contribution in [3.05, 3.63) is 28.2 Å². The Morgan fingerprint density at radius 1 is 1.15 bits per heavy atom. The zero-order valence-electron chi connectivity index (χ0n) is 11.5. The third-order valence-electron chi connectivity index (χ3n) is 5.87. The zero-order chi connectivity index (χ0) is 13.7. The van der Waals surface area contributed by atoms with Gasteiger partial charge in [0.1, 0.15) is 6.07 Å². The lowest BCUT2D eigenvalue weighted by atomic mass is 9.79. The van der Waals surface area contributed by atoms with Crippen LogP contribution in [0.3, 0.4) is 0 Å². The monoisotopic (exact) mass is 330 g/mol. The van der Waals surface area contributed by atoms with Crippen molar-refractivity contribution in [2.75, 3.05) is 5.32 Å². The van der Waals surface area contributed by atoms with Crippen molar-refractivity contribution in [3.8, 4) is 6.07 Å². The predicted molar refractivity (Wildman–Crippen MR) is 83.3 cm³/mol. The number of nitrogens with one attached hydrogen (secondary N) is 1. The predicted octanol–water partition coefficient (Wildman–Crippen LogP) is 4.56. The Labute approximate surface area is 128 Å². The zero-order valence-corrected chi connectivity index (χ0v) is 13.1. The summed E-state index contributed by atoms with van der Waals surface area (Å²) in [5, 5.41) is 13.0. The van der Waals surface area contributed by atoms with E-state index >= 15 is 0 Å². The highest BCUT2D eigenvalue weighted by molar-refractivity contribution is 9.10. The van der Waals surface area contributed by atoms with Gasteiger partial charge in [0.05, 0.1) is 11.3 Å². The van der Waals surface area contributed by atoms with Crippen molar-refractivity contribution >= 4 is 21.6 Å². The summed E-state index contributed by atoms with van der Waals surface area (Å²) in [7, 11) is 0. The minimum absolute atomic E-state index is 0.590. The molecule has 5 atom stereocenters. The average molecular weight is 331 g/mol. The molecule has 104 valence electrons. The Balaban J connectivity index is 1.55. The maximum absolute atomic E-state index is 9.29. The van der Waals surface area contributed by atoms with Crippen molar-refractivity contribution in [2.45, 2.75) is 38.1 Å². The van der Waals surface area contributed by atoms with Crippen molar-refractivity contribution in [1.82, 2.24) is 0 Å². The third-order valence-corrected chi connectivity index (χ3v) is 6.36. The highest BCUT2D eigenvalue weighted by Crippen LogP contribution is 2.59. The fourth-order valence-electron chi connectivity index (χ4n) is 5.17. The molecule has 0 amide bonds. The molecule has 3 saturated carbocycles. The Morgan fingerprint density at radius 2 is 2.00 bits per heavy atom. The Bertz CT molecular complexity index is 577. The molecule has 1 aromatic rings. The van der Waals surface area contributed by atoms with Crippen LogP contribution in [0, 0.1) is 35.0 Å². The minimum atomic E-state index is 0.590. The minimum Gasteiger partial charge on any atom is -0.381 e. The first kappa shape index (κ1) is 12.7. The van der Waals surface area contributed by atoms with Gasteiger partial charge in [-0.05, 0) is 67.6 Å². The van der Waals surface area contributed by atoms with E-state index in [0.717, 1.165) is 39.4 Å². The summed E-state index contributed by atoms with van der Waals surface area (Å²) < 4.78 is 0.975. The molecule has 0 radical (unpaired) electrons. The van der Waals surface area contributed by atoms with Crippen molar-refractivity contribution in [2.24, 2.45) is 23.7 Å². The smallest absolute Gasteiger partial charge is 0.101 e. The van der Waals surface area contributed by atoms with Crippen LogP contribution >= 0.6 is 15.9 Å². The maximum atomic E-state index is 9.29. The SMILES string of the molecule is N#Cc1cc(Br)ccc1NC1CC2CC1C1CCCC21. The molecule has 0 aliphatic heterocycles. The first-order valence-corrected chi connectivity index (χ1v) is 8.52. The number of anilines is 1. The van der Waals surface area contributed by atoms with Crippen molar-refractivity contribution in [3.63, 3.8) is 0 Å². The van der Waals surface area contributed by atoms with E-state index in [2.05, 4.69) is 27.3 Å². The van der Waals surface area contributed by atoms with Gasteiger partial charge >= 0.3 is 0 Å². The van der Waals surface area contributed by atoms with E-state index in [1.807, 2.05) is 18.2 Å². The van der Waals surface area contributed by atoms with Crippen molar-refractivity contribution in [1.29, 1.82) is 5.26 Å². The van der Waals surface area contributed by atoms with Gasteiger partial charge in [0.15, 0.2) is 0 Å². The van der Waals surface area contributed by atoms with Crippen LogP contribution in [0.5, 0.6) is 0 Å². The van der Waals surface area contributed by atoms with E-state index < -0.39 is 0 Å². The molecule has 0 spiro atoms. The Hall–Kier alpha value is -1.01. The molecule has 20 heavy (non-hydrogen) atoms. The summed E-state index contributed by atoms with van der Waals surface area (Å²) in [6.45, 7) is 0. The van der Waals surface area contributed by atoms with E-state index in [4.69, 9.17) is 0 Å². The fourth-order valence-corrected chi connectivity index (χ4v) is 5.53. The maximum Gasteiger partial charge on any atom is 0.101 e. The lowest BCUT2D eigenvalue weighted by molar-refractivity contribution is 0.243. The second kappa shape index (κ2) is 4.77. The molecule has 3 aliphatic rings. The summed E-state index contributed by atoms with van der Waals surface area (Å²) in [5.41, 5.74) is 1.77. The van der Waals surface area contributed by atoms with Gasteiger partial charge in [-0.3, -0.25) is 0 Å². The molecule has 3 fully saturated rings. The van der Waals surface area contributed by atoms with Gasteiger partial charge < -0.3 is 5.32 Å². The molecule has 0 heterocycles. The lowest BCUT2D eigenvalue weighted by Crippen LogP contribution is -2.34. The second-order valence-electron chi connectivity index (χ2n) is 6.71. The molecule has 2 bridgehead atoms. The van der Waals surface area contributed by atoms with Gasteiger partial charge in [0, 0.05) is 10.5 Å². The molecule has 4 rings (SSSR count). The Morgan fingerprint density at radius 3 is 2.85 bits per heavy atom. The van der Waals surface area contributed by atoms with Crippen LogP contribution in [0.25, 0.3) is 0 Å². The first-order chi connectivity index (χ1) is 9.76. The summed E-state index contributed by atoms with van der Waals surface area (Å²) >= 11 is 3.44. The van der Waals surface area contributed by atoms with Gasteiger partial charge in [0.2, 0.25) is 0 Å². The first-order valence-electron chi connectivity index (χ1n) is 7.72. The molecular formula is C17H19BrN2. The molecule has 2 nitrogen and oxygen atoms in total. The van der Waals surface area contributed by atoms with Crippen LogP contribution in [0.1, 0.15) is 37.7 Å². The summed E-state index contributed by atoms with van der Waals surface area (Å²) in [4.78, 5) is 0. The summed E-state index contributed by atoms with van der Waals surface area (Å²) in [6.07, 6.45) is 7.09. The molecular weight excluding hydrogens is 312 g/mol. The fraction of sp³-hybridized carbons (Fsp3) is 0.588. The quantitative estimate of drug-likeness (QED) is 0.862. The van der Waals surface area contributed by atoms with Crippen molar-refractivity contribution < 1.29 is 0 Å². The lowest BCUT2D eigenvalue weighted by Gasteiger charge is -2.33. The number of rotatable bonds is 2. The van der Waals surface area contributed by atoms with Crippen LogP contribution in [-0.4, -0.2) is 6.04 Å². The van der Waals surface area contributed by atoms with Crippen LogP contribution in [-0.2, 0) is 0 Å². The van der Waals surface area contributed by atoms with Crippen LogP contribution in [0.2, 0.25) is 0 Å². The number of hydrogen-bond donors (Lipinski definition) is 1. The number of fused-ring (bicyclic) bond motifs is 5. The number of hydrogen-bond acceptors (Lipinski definition) is 2. The number of nitrogens with zero attached hydrogens (tertiary/aromatic N) is 1. The van der Waals surface area contributed by atoms with Crippen LogP contribution in [0.4, 0.5) is 5.69 Å². The number of nitriles is 1. The largest absolute Gasteiger partial charge is 0.381 e. The molecule has 0 saturated heterocycles. The molecule has 1 N–H and O–H groups in total. The van der Waals surface area contributed by atoms with Crippen LogP contribution < -0.4 is 5.32 Å². The average Bonchev–Trinajstić information content (AvgIpc) is 3.12. The highest BCUT2D eigenvalue weighted by Gasteiger charge is 2.53. The number of halogens is 1. The van der Waals surface area contributed by atoms with Gasteiger partial charge in [-0.15, -0.1) is 0 Å². The standard InChI is InChI=1S/C17H19BrN2/c18-12-4-5-16(11(6-12)9-19)20-17-8-10-7-15(17)14-3-1-2-13(10)14/h4-6,10,13-15,17,20H,1-3,7-8H2. The normalized spacial score (nSPS) is 37.7. The van der Waals surface area contributed by atoms with Gasteiger partial charge in [-0.2, -0.15) is 5.26 Å². The van der Waals surface area contributed by atoms with E-state index in [-0.39, 0.29) is 0 Å². The summed E-state index contributed by atoms with van der Waals surface area (Å²) in [5.74, 6) is 3.79. The van der Waals surface area contributed by atoms with Gasteiger partial charge in [-0.25, -0.2) is 0 Å². The highest BCUT2D eigenvalue weighted by atomic mass is 79.9. The molecule has 1 aromatic carbocycles. The third kappa shape index (κ3) is 1.89. The molecule has 0 aromatic heterocycles. The summed E-state index contributed by atoms with van der Waals surface area (Å²) in [6, 6.07) is 8.87. The second-order valence-corrected chi connectivity index (χ2v) is 7.62. The Kier molecular flexibility index (Phi) is 3.03. The molecule has 5 unspecified atom stereocenters. The molecule has 3 aliphatic carbocycles.